The van der Waals surface area contributed by atoms with Crippen LogP contribution < -0.4 is 5.32 Å². The van der Waals surface area contributed by atoms with Crippen molar-refractivity contribution < 1.29 is 9.59 Å². The van der Waals surface area contributed by atoms with Crippen molar-refractivity contribution in [3.8, 4) is 0 Å². The first-order valence-corrected chi connectivity index (χ1v) is 8.31. The molecule has 3 rings (SSSR count). The lowest BCUT2D eigenvalue weighted by Crippen LogP contribution is -2.42. The van der Waals surface area contributed by atoms with Gasteiger partial charge >= 0.3 is 0 Å². The molecule has 0 spiro atoms. The average Bonchev–Trinajstić information content (AvgIpc) is 2.59. The fourth-order valence-electron chi connectivity index (χ4n) is 2.71. The molecule has 4 nitrogen and oxygen atoms in total. The molecule has 23 heavy (non-hydrogen) atoms. The molecule has 2 amide bonds. The molecular weight excluding hydrogens is 356 g/mol. The molecule has 1 aliphatic rings. The van der Waals surface area contributed by atoms with E-state index in [4.69, 9.17) is 0 Å². The first-order chi connectivity index (χ1) is 11.1. The van der Waals surface area contributed by atoms with Crippen LogP contribution in [0.1, 0.15) is 21.5 Å². The van der Waals surface area contributed by atoms with E-state index >= 15 is 0 Å². The number of hydrogen-bond donors (Lipinski definition) is 1. The lowest BCUT2D eigenvalue weighted by atomic mass is 10.00. The van der Waals surface area contributed by atoms with Gasteiger partial charge < -0.3 is 10.2 Å². The Bertz CT molecular complexity index is 745. The zero-order valence-corrected chi connectivity index (χ0v) is 14.2. The van der Waals surface area contributed by atoms with Crippen LogP contribution in [0.4, 0.5) is 0 Å². The normalized spacial score (nSPS) is 13.3. The highest BCUT2D eigenvalue weighted by molar-refractivity contribution is 9.10. The summed E-state index contributed by atoms with van der Waals surface area (Å²) in [5.41, 5.74) is 3.02. The van der Waals surface area contributed by atoms with Crippen molar-refractivity contribution in [1.29, 1.82) is 0 Å². The van der Waals surface area contributed by atoms with E-state index in [-0.39, 0.29) is 18.4 Å². The Kier molecular flexibility index (Phi) is 4.76. The number of nitrogens with zero attached hydrogens (tertiary/aromatic N) is 1. The highest BCUT2D eigenvalue weighted by Gasteiger charge is 2.20. The summed E-state index contributed by atoms with van der Waals surface area (Å²) < 4.78 is 0.837. The second kappa shape index (κ2) is 6.96. The Labute approximate surface area is 143 Å². The summed E-state index contributed by atoms with van der Waals surface area (Å²) in [6, 6.07) is 15.3. The Hall–Kier alpha value is -2.14. The van der Waals surface area contributed by atoms with Crippen molar-refractivity contribution >= 4 is 27.7 Å². The van der Waals surface area contributed by atoms with Gasteiger partial charge in [0.15, 0.2) is 0 Å². The second-order valence-electron chi connectivity index (χ2n) is 5.53. The van der Waals surface area contributed by atoms with Crippen LogP contribution in [0.3, 0.4) is 0 Å². The molecule has 0 atom stereocenters. The zero-order chi connectivity index (χ0) is 16.2. The minimum absolute atomic E-state index is 0.0213. The summed E-state index contributed by atoms with van der Waals surface area (Å²) in [5.74, 6) is -0.292. The van der Waals surface area contributed by atoms with Gasteiger partial charge in [-0.15, -0.1) is 0 Å². The summed E-state index contributed by atoms with van der Waals surface area (Å²) in [6.07, 6.45) is 0.863. The summed E-state index contributed by atoms with van der Waals surface area (Å²) in [7, 11) is 0. The molecule has 2 aromatic rings. The monoisotopic (exact) mass is 372 g/mol. The lowest BCUT2D eigenvalue weighted by molar-refractivity contribution is -0.131. The van der Waals surface area contributed by atoms with Gasteiger partial charge in [0.1, 0.15) is 0 Å². The van der Waals surface area contributed by atoms with Crippen LogP contribution >= 0.6 is 15.9 Å². The minimum Gasteiger partial charge on any atom is -0.343 e. The SMILES string of the molecule is O=C(NCC(=O)N1CCc2ccccc2C1)c1cccc(Br)c1. The van der Waals surface area contributed by atoms with Gasteiger partial charge in [0.25, 0.3) is 5.91 Å². The fraction of sp³-hybridized carbons (Fsp3) is 0.222. The molecule has 1 aliphatic heterocycles. The van der Waals surface area contributed by atoms with Crippen LogP contribution in [0.5, 0.6) is 0 Å². The summed E-state index contributed by atoms with van der Waals surface area (Å²) in [6.45, 7) is 1.33. The van der Waals surface area contributed by atoms with E-state index in [1.807, 2.05) is 18.2 Å². The number of carbonyl (C=O) groups excluding carboxylic acids is 2. The Morgan fingerprint density at radius 3 is 2.65 bits per heavy atom. The third kappa shape index (κ3) is 3.79. The molecule has 0 saturated carbocycles. The second-order valence-corrected chi connectivity index (χ2v) is 6.44. The van der Waals surface area contributed by atoms with Gasteiger partial charge in [-0.05, 0) is 35.7 Å². The highest BCUT2D eigenvalue weighted by atomic mass is 79.9. The number of nitrogens with one attached hydrogen (secondary N) is 1. The third-order valence-corrected chi connectivity index (χ3v) is 4.46. The van der Waals surface area contributed by atoms with E-state index in [2.05, 4.69) is 33.4 Å². The van der Waals surface area contributed by atoms with E-state index in [9.17, 15) is 9.59 Å². The Balaban J connectivity index is 1.57. The first-order valence-electron chi connectivity index (χ1n) is 7.52. The third-order valence-electron chi connectivity index (χ3n) is 3.97. The van der Waals surface area contributed by atoms with Crippen molar-refractivity contribution in [2.45, 2.75) is 13.0 Å². The molecule has 0 radical (unpaired) electrons. The molecule has 0 saturated heterocycles. The summed E-state index contributed by atoms with van der Waals surface area (Å²) >= 11 is 3.33. The van der Waals surface area contributed by atoms with Gasteiger partial charge in [0.05, 0.1) is 6.54 Å². The molecule has 0 aliphatic carbocycles. The lowest BCUT2D eigenvalue weighted by Gasteiger charge is -2.29. The summed E-state index contributed by atoms with van der Waals surface area (Å²) in [4.78, 5) is 26.2. The van der Waals surface area contributed by atoms with E-state index < -0.39 is 0 Å². The average molecular weight is 373 g/mol. The van der Waals surface area contributed by atoms with Crippen LogP contribution in [-0.2, 0) is 17.8 Å². The molecule has 1 heterocycles. The number of hydrogen-bond acceptors (Lipinski definition) is 2. The smallest absolute Gasteiger partial charge is 0.251 e. The van der Waals surface area contributed by atoms with Crippen LogP contribution in [-0.4, -0.2) is 29.8 Å². The fourth-order valence-corrected chi connectivity index (χ4v) is 3.11. The number of rotatable bonds is 3. The number of halogens is 1. The van der Waals surface area contributed by atoms with Crippen molar-refractivity contribution in [1.82, 2.24) is 10.2 Å². The minimum atomic E-state index is -0.239. The first kappa shape index (κ1) is 15.7. The molecule has 118 valence electrons. The molecule has 0 bridgehead atoms. The van der Waals surface area contributed by atoms with Gasteiger partial charge in [-0.25, -0.2) is 0 Å². The van der Waals surface area contributed by atoms with Gasteiger partial charge in [-0.1, -0.05) is 46.3 Å². The van der Waals surface area contributed by atoms with Crippen LogP contribution in [0.25, 0.3) is 0 Å². The van der Waals surface area contributed by atoms with E-state index in [0.717, 1.165) is 10.9 Å². The van der Waals surface area contributed by atoms with Crippen molar-refractivity contribution in [3.63, 3.8) is 0 Å². The maximum absolute atomic E-state index is 12.3. The zero-order valence-electron chi connectivity index (χ0n) is 12.6. The van der Waals surface area contributed by atoms with Crippen molar-refractivity contribution in [2.75, 3.05) is 13.1 Å². The molecule has 5 heteroatoms. The van der Waals surface area contributed by atoms with Crippen LogP contribution in [0, 0.1) is 0 Å². The predicted molar refractivity (Wildman–Crippen MR) is 92.0 cm³/mol. The van der Waals surface area contributed by atoms with Crippen LogP contribution in [0.15, 0.2) is 53.0 Å². The predicted octanol–water partition coefficient (Wildman–Crippen LogP) is 2.76. The quantitative estimate of drug-likeness (QED) is 0.900. The van der Waals surface area contributed by atoms with Gasteiger partial charge in [0, 0.05) is 23.1 Å². The largest absolute Gasteiger partial charge is 0.343 e. The van der Waals surface area contributed by atoms with E-state index in [1.165, 1.54) is 11.1 Å². The van der Waals surface area contributed by atoms with Crippen molar-refractivity contribution in [2.24, 2.45) is 0 Å². The molecular formula is C18H17BrN2O2. The Morgan fingerprint density at radius 2 is 1.87 bits per heavy atom. The number of amides is 2. The van der Waals surface area contributed by atoms with Gasteiger partial charge in [0.2, 0.25) is 5.91 Å². The molecule has 0 fully saturated rings. The maximum Gasteiger partial charge on any atom is 0.251 e. The van der Waals surface area contributed by atoms with E-state index in [1.54, 1.807) is 23.1 Å². The topological polar surface area (TPSA) is 49.4 Å². The van der Waals surface area contributed by atoms with Gasteiger partial charge in [-0.2, -0.15) is 0 Å². The summed E-state index contributed by atoms with van der Waals surface area (Å²) in [5, 5.41) is 2.70. The van der Waals surface area contributed by atoms with E-state index in [0.29, 0.717) is 18.7 Å². The van der Waals surface area contributed by atoms with Gasteiger partial charge in [-0.3, -0.25) is 9.59 Å². The molecule has 1 N–H and O–H groups in total. The van der Waals surface area contributed by atoms with Crippen molar-refractivity contribution in [3.05, 3.63) is 69.7 Å². The maximum atomic E-state index is 12.3. The number of benzene rings is 2. The molecule has 2 aromatic carbocycles. The number of fused-ring (bicyclic) bond motifs is 1. The Morgan fingerprint density at radius 1 is 1.09 bits per heavy atom. The highest BCUT2D eigenvalue weighted by Crippen LogP contribution is 2.18. The van der Waals surface area contributed by atoms with Crippen LogP contribution in [0.2, 0.25) is 0 Å². The number of carbonyl (C=O) groups is 2. The standard InChI is InChI=1S/C18H17BrN2O2/c19-16-7-3-6-14(10-16)18(23)20-11-17(22)21-9-8-13-4-1-2-5-15(13)12-21/h1-7,10H,8-9,11-12H2,(H,20,23). The molecule has 0 unspecified atom stereocenters. The molecule has 0 aromatic heterocycles.